The highest BCUT2D eigenvalue weighted by atomic mass is 16.5. The van der Waals surface area contributed by atoms with Crippen molar-refractivity contribution < 1.29 is 14.3 Å². The number of carbonyl (C=O) groups excluding carboxylic acids is 2. The van der Waals surface area contributed by atoms with Crippen LogP contribution < -0.4 is 21.1 Å². The van der Waals surface area contributed by atoms with Crippen LogP contribution in [0.4, 0.5) is 5.69 Å². The topological polar surface area (TPSA) is 93.4 Å². The molecule has 3 rings (SSSR count). The van der Waals surface area contributed by atoms with Crippen molar-refractivity contribution in [1.82, 2.24) is 5.32 Å². The molecule has 0 unspecified atom stereocenters. The number of methoxy groups -OCH3 is 1. The number of amides is 2. The van der Waals surface area contributed by atoms with Crippen LogP contribution in [0, 0.1) is 0 Å². The number of hydrogen-bond donors (Lipinski definition) is 3. The van der Waals surface area contributed by atoms with E-state index in [-0.39, 0.29) is 11.3 Å². The predicted molar refractivity (Wildman–Crippen MR) is 95.9 cm³/mol. The Hall–Kier alpha value is -3.12. The summed E-state index contributed by atoms with van der Waals surface area (Å²) in [5.74, 6) is -0.381. The summed E-state index contributed by atoms with van der Waals surface area (Å²) in [5, 5.41) is 5.38. The minimum Gasteiger partial charge on any atom is -0.496 e. The third-order valence-electron chi connectivity index (χ3n) is 3.96. The molecule has 2 amide bonds. The Morgan fingerprint density at radius 1 is 1.04 bits per heavy atom. The van der Waals surface area contributed by atoms with Gasteiger partial charge < -0.3 is 15.8 Å². The Morgan fingerprint density at radius 2 is 1.76 bits per heavy atom. The van der Waals surface area contributed by atoms with E-state index >= 15 is 0 Å². The number of hydrogen-bond acceptors (Lipinski definition) is 5. The van der Waals surface area contributed by atoms with Gasteiger partial charge in [0, 0.05) is 11.3 Å². The first-order chi connectivity index (χ1) is 12.1. The molecule has 0 saturated carbocycles. The predicted octanol–water partition coefficient (Wildman–Crippen LogP) is 1.68. The number of rotatable bonds is 6. The number of anilines is 1. The molecule has 0 aromatic heterocycles. The van der Waals surface area contributed by atoms with Crippen molar-refractivity contribution in [3.8, 4) is 5.75 Å². The normalized spacial score (nSPS) is 13.8. The summed E-state index contributed by atoms with van der Waals surface area (Å²) in [6.45, 7) is 0.576. The summed E-state index contributed by atoms with van der Waals surface area (Å²) in [6, 6.07) is 14.7. The summed E-state index contributed by atoms with van der Waals surface area (Å²) in [5.41, 5.74) is 8.42. The number of para-hydroxylation sites is 1. The fraction of sp³-hybridized carbons (Fsp3) is 0.158. The highest BCUT2D eigenvalue weighted by molar-refractivity contribution is 6.37. The number of benzene rings is 2. The molecule has 0 bridgehead atoms. The van der Waals surface area contributed by atoms with Gasteiger partial charge >= 0.3 is 0 Å². The second-order valence-electron chi connectivity index (χ2n) is 5.59. The molecule has 128 valence electrons. The molecule has 0 atom stereocenters. The van der Waals surface area contributed by atoms with E-state index in [2.05, 4.69) is 10.6 Å². The molecular weight excluding hydrogens is 318 g/mol. The lowest BCUT2D eigenvalue weighted by atomic mass is 10.0. The molecule has 2 aromatic rings. The minimum atomic E-state index is -0.461. The van der Waals surface area contributed by atoms with Crippen molar-refractivity contribution in [2.75, 3.05) is 19.0 Å². The molecule has 0 spiro atoms. The second kappa shape index (κ2) is 7.19. The molecule has 1 aliphatic heterocycles. The van der Waals surface area contributed by atoms with Crippen LogP contribution in [0.2, 0.25) is 0 Å². The number of ether oxygens (including phenoxy) is 1. The van der Waals surface area contributed by atoms with Crippen molar-refractivity contribution in [3.05, 3.63) is 65.4 Å². The van der Waals surface area contributed by atoms with Gasteiger partial charge in [-0.05, 0) is 36.7 Å². The van der Waals surface area contributed by atoms with E-state index in [4.69, 9.17) is 10.5 Å². The molecule has 4 N–H and O–H groups in total. The van der Waals surface area contributed by atoms with Crippen LogP contribution in [0.1, 0.15) is 11.1 Å². The lowest BCUT2D eigenvalue weighted by molar-refractivity contribution is -0.123. The number of imide groups is 1. The maximum atomic E-state index is 12.3. The summed E-state index contributed by atoms with van der Waals surface area (Å²) in [6.07, 6.45) is 0.786. The molecule has 0 radical (unpaired) electrons. The summed E-state index contributed by atoms with van der Waals surface area (Å²) in [4.78, 5) is 24.5. The van der Waals surface area contributed by atoms with Crippen molar-refractivity contribution >= 4 is 23.1 Å². The van der Waals surface area contributed by atoms with Gasteiger partial charge in [0.25, 0.3) is 11.8 Å². The zero-order chi connectivity index (χ0) is 17.8. The van der Waals surface area contributed by atoms with E-state index < -0.39 is 11.8 Å². The monoisotopic (exact) mass is 337 g/mol. The SMILES string of the molecule is COc1ccccc1C1=C(Nc2ccc(CCN)cc2)C(=O)NC1=O. The minimum absolute atomic E-state index is 0.209. The fourth-order valence-electron chi connectivity index (χ4n) is 2.75. The fourth-order valence-corrected chi connectivity index (χ4v) is 2.75. The van der Waals surface area contributed by atoms with Gasteiger partial charge in [-0.3, -0.25) is 14.9 Å². The van der Waals surface area contributed by atoms with Crippen molar-refractivity contribution in [1.29, 1.82) is 0 Å². The molecule has 0 aliphatic carbocycles. The van der Waals surface area contributed by atoms with E-state index in [0.29, 0.717) is 23.5 Å². The Labute approximate surface area is 145 Å². The van der Waals surface area contributed by atoms with Crippen LogP contribution in [-0.2, 0) is 16.0 Å². The van der Waals surface area contributed by atoms with Gasteiger partial charge in [0.2, 0.25) is 0 Å². The van der Waals surface area contributed by atoms with Crippen LogP contribution in [0.3, 0.4) is 0 Å². The molecule has 0 saturated heterocycles. The second-order valence-corrected chi connectivity index (χ2v) is 5.59. The van der Waals surface area contributed by atoms with Gasteiger partial charge in [0.1, 0.15) is 11.4 Å². The van der Waals surface area contributed by atoms with Crippen molar-refractivity contribution in [2.24, 2.45) is 5.73 Å². The summed E-state index contributed by atoms with van der Waals surface area (Å²) >= 11 is 0. The first-order valence-electron chi connectivity index (χ1n) is 7.93. The van der Waals surface area contributed by atoms with Gasteiger partial charge in [-0.25, -0.2) is 0 Å². The summed E-state index contributed by atoms with van der Waals surface area (Å²) in [7, 11) is 1.53. The molecule has 1 heterocycles. The largest absolute Gasteiger partial charge is 0.496 e. The number of nitrogens with one attached hydrogen (secondary N) is 2. The molecule has 25 heavy (non-hydrogen) atoms. The van der Waals surface area contributed by atoms with Crippen LogP contribution in [-0.4, -0.2) is 25.5 Å². The lowest BCUT2D eigenvalue weighted by Crippen LogP contribution is -2.24. The van der Waals surface area contributed by atoms with E-state index in [1.165, 1.54) is 7.11 Å². The van der Waals surface area contributed by atoms with Gasteiger partial charge in [0.15, 0.2) is 0 Å². The van der Waals surface area contributed by atoms with Gasteiger partial charge in [-0.15, -0.1) is 0 Å². The Morgan fingerprint density at radius 3 is 2.44 bits per heavy atom. The van der Waals surface area contributed by atoms with E-state index in [1.54, 1.807) is 24.3 Å². The Bertz CT molecular complexity index is 841. The molecule has 1 aliphatic rings. The van der Waals surface area contributed by atoms with Crippen LogP contribution in [0.25, 0.3) is 5.57 Å². The van der Waals surface area contributed by atoms with Crippen molar-refractivity contribution in [2.45, 2.75) is 6.42 Å². The third kappa shape index (κ3) is 3.39. The van der Waals surface area contributed by atoms with E-state index in [1.807, 2.05) is 24.3 Å². The van der Waals surface area contributed by atoms with Gasteiger partial charge in [0.05, 0.1) is 12.7 Å². The molecule has 6 nitrogen and oxygen atoms in total. The maximum Gasteiger partial charge on any atom is 0.275 e. The highest BCUT2D eigenvalue weighted by Crippen LogP contribution is 2.31. The molecule has 2 aromatic carbocycles. The average molecular weight is 337 g/mol. The standard InChI is InChI=1S/C19H19N3O3/c1-25-15-5-3-2-4-14(15)16-17(19(24)22-18(16)23)21-13-8-6-12(7-9-13)10-11-20/h2-9H,10-11,20H2,1H3,(H2,21,22,23,24). The Balaban J connectivity index is 1.99. The Kier molecular flexibility index (Phi) is 4.81. The van der Waals surface area contributed by atoms with Crippen LogP contribution in [0.15, 0.2) is 54.2 Å². The first-order valence-corrected chi connectivity index (χ1v) is 7.93. The average Bonchev–Trinajstić information content (AvgIpc) is 2.90. The highest BCUT2D eigenvalue weighted by Gasteiger charge is 2.32. The first kappa shape index (κ1) is 16.7. The lowest BCUT2D eigenvalue weighted by Gasteiger charge is -2.11. The zero-order valence-corrected chi connectivity index (χ0v) is 13.8. The van der Waals surface area contributed by atoms with Crippen LogP contribution >= 0.6 is 0 Å². The maximum absolute atomic E-state index is 12.3. The summed E-state index contributed by atoms with van der Waals surface area (Å²) < 4.78 is 5.32. The van der Waals surface area contributed by atoms with Crippen LogP contribution in [0.5, 0.6) is 5.75 Å². The quantitative estimate of drug-likeness (QED) is 0.697. The van der Waals surface area contributed by atoms with Crippen molar-refractivity contribution in [3.63, 3.8) is 0 Å². The molecule has 0 fully saturated rings. The third-order valence-corrected chi connectivity index (χ3v) is 3.96. The number of nitrogens with two attached hydrogens (primary N) is 1. The molecular formula is C19H19N3O3. The molecule has 6 heteroatoms. The van der Waals surface area contributed by atoms with E-state index in [9.17, 15) is 9.59 Å². The van der Waals surface area contributed by atoms with Gasteiger partial charge in [-0.2, -0.15) is 0 Å². The zero-order valence-electron chi connectivity index (χ0n) is 13.8. The van der Waals surface area contributed by atoms with Gasteiger partial charge in [-0.1, -0.05) is 30.3 Å². The number of carbonyl (C=O) groups is 2. The van der Waals surface area contributed by atoms with E-state index in [0.717, 1.165) is 12.0 Å². The smallest absolute Gasteiger partial charge is 0.275 e.